The summed E-state index contributed by atoms with van der Waals surface area (Å²) in [5.41, 5.74) is 0.440. The predicted octanol–water partition coefficient (Wildman–Crippen LogP) is 2.76. The SMILES string of the molecule is CC=CCCCC=C(C)C(=O)O. The third-order valence-electron chi connectivity index (χ3n) is 1.60. The van der Waals surface area contributed by atoms with Crippen LogP contribution in [0.25, 0.3) is 0 Å². The lowest BCUT2D eigenvalue weighted by Crippen LogP contribution is -1.95. The molecule has 0 aromatic rings. The van der Waals surface area contributed by atoms with Crippen LogP contribution in [-0.4, -0.2) is 11.1 Å². The predicted molar refractivity (Wildman–Crippen MR) is 50.1 cm³/mol. The molecule has 0 radical (unpaired) electrons. The molecule has 12 heavy (non-hydrogen) atoms. The zero-order chi connectivity index (χ0) is 9.40. The van der Waals surface area contributed by atoms with Crippen molar-refractivity contribution in [2.75, 3.05) is 0 Å². The van der Waals surface area contributed by atoms with Gasteiger partial charge in [-0.25, -0.2) is 4.79 Å². The molecule has 0 heterocycles. The topological polar surface area (TPSA) is 37.3 Å². The lowest BCUT2D eigenvalue weighted by molar-refractivity contribution is -0.132. The fourth-order valence-electron chi connectivity index (χ4n) is 0.808. The molecule has 2 heteroatoms. The molecule has 0 bridgehead atoms. The van der Waals surface area contributed by atoms with Gasteiger partial charge in [0.05, 0.1) is 0 Å². The van der Waals surface area contributed by atoms with Gasteiger partial charge in [-0.2, -0.15) is 0 Å². The van der Waals surface area contributed by atoms with Crippen molar-refractivity contribution in [2.45, 2.75) is 33.1 Å². The molecule has 0 saturated heterocycles. The summed E-state index contributed by atoms with van der Waals surface area (Å²) in [6.45, 7) is 3.61. The number of hydrogen-bond acceptors (Lipinski definition) is 1. The molecular weight excluding hydrogens is 152 g/mol. The molecule has 0 fully saturated rings. The van der Waals surface area contributed by atoms with E-state index in [1.165, 1.54) is 0 Å². The van der Waals surface area contributed by atoms with Crippen LogP contribution in [0.5, 0.6) is 0 Å². The molecule has 0 rings (SSSR count). The third-order valence-corrected chi connectivity index (χ3v) is 1.60. The first-order chi connectivity index (χ1) is 5.68. The van der Waals surface area contributed by atoms with E-state index >= 15 is 0 Å². The molecule has 0 aromatic carbocycles. The van der Waals surface area contributed by atoms with Crippen LogP contribution in [0, 0.1) is 0 Å². The second kappa shape index (κ2) is 6.65. The van der Waals surface area contributed by atoms with Crippen molar-refractivity contribution in [3.63, 3.8) is 0 Å². The maximum atomic E-state index is 10.3. The number of carbonyl (C=O) groups is 1. The summed E-state index contributed by atoms with van der Waals surface area (Å²) in [5.74, 6) is -0.818. The Labute approximate surface area is 73.6 Å². The number of hydrogen-bond donors (Lipinski definition) is 1. The van der Waals surface area contributed by atoms with Crippen LogP contribution in [0.2, 0.25) is 0 Å². The minimum atomic E-state index is -0.818. The second-order valence-corrected chi connectivity index (χ2v) is 2.69. The van der Waals surface area contributed by atoms with Gasteiger partial charge in [-0.3, -0.25) is 0 Å². The third kappa shape index (κ3) is 5.71. The molecule has 0 aliphatic rings. The van der Waals surface area contributed by atoms with Crippen LogP contribution in [0.1, 0.15) is 33.1 Å². The Bertz CT molecular complexity index is 190. The number of rotatable bonds is 5. The van der Waals surface area contributed by atoms with Gasteiger partial charge < -0.3 is 5.11 Å². The molecule has 0 unspecified atom stereocenters. The minimum absolute atomic E-state index is 0.440. The molecule has 1 N–H and O–H groups in total. The van der Waals surface area contributed by atoms with E-state index in [1.54, 1.807) is 13.0 Å². The Balaban J connectivity index is 3.53. The molecule has 2 nitrogen and oxygen atoms in total. The summed E-state index contributed by atoms with van der Waals surface area (Å²) in [6, 6.07) is 0. The van der Waals surface area contributed by atoms with Gasteiger partial charge in [-0.1, -0.05) is 18.2 Å². The fourth-order valence-corrected chi connectivity index (χ4v) is 0.808. The molecular formula is C10H16O2. The molecule has 0 saturated carbocycles. The van der Waals surface area contributed by atoms with Crippen molar-refractivity contribution in [1.29, 1.82) is 0 Å². The van der Waals surface area contributed by atoms with Crippen molar-refractivity contribution in [3.8, 4) is 0 Å². The average molecular weight is 168 g/mol. The number of carboxylic acid groups (broad SMARTS) is 1. The molecule has 0 aliphatic heterocycles. The molecule has 0 amide bonds. The first kappa shape index (κ1) is 11.0. The van der Waals surface area contributed by atoms with E-state index in [0.717, 1.165) is 19.3 Å². The number of aliphatic carboxylic acids is 1. The van der Waals surface area contributed by atoms with Gasteiger partial charge in [-0.05, 0) is 33.1 Å². The highest BCUT2D eigenvalue weighted by atomic mass is 16.4. The Kier molecular flexibility index (Phi) is 6.07. The Morgan fingerprint density at radius 1 is 1.42 bits per heavy atom. The average Bonchev–Trinajstić information content (AvgIpc) is 2.03. The van der Waals surface area contributed by atoms with Gasteiger partial charge in [0, 0.05) is 5.57 Å². The maximum absolute atomic E-state index is 10.3. The smallest absolute Gasteiger partial charge is 0.330 e. The second-order valence-electron chi connectivity index (χ2n) is 2.69. The standard InChI is InChI=1S/C10H16O2/c1-3-4-5-6-7-8-9(2)10(11)12/h3-4,8H,5-7H2,1-2H3,(H,11,12). The van der Waals surface area contributed by atoms with Gasteiger partial charge in [0.25, 0.3) is 0 Å². The van der Waals surface area contributed by atoms with Gasteiger partial charge in [0.2, 0.25) is 0 Å². The molecule has 0 atom stereocenters. The van der Waals surface area contributed by atoms with Gasteiger partial charge in [0.15, 0.2) is 0 Å². The minimum Gasteiger partial charge on any atom is -0.478 e. The number of allylic oxidation sites excluding steroid dienone is 3. The number of unbranched alkanes of at least 4 members (excludes halogenated alkanes) is 2. The lowest BCUT2D eigenvalue weighted by Gasteiger charge is -1.92. The van der Waals surface area contributed by atoms with E-state index in [4.69, 9.17) is 5.11 Å². The highest BCUT2D eigenvalue weighted by molar-refractivity contribution is 5.85. The van der Waals surface area contributed by atoms with Crippen molar-refractivity contribution in [2.24, 2.45) is 0 Å². The summed E-state index contributed by atoms with van der Waals surface area (Å²) in [6.07, 6.45) is 8.76. The van der Waals surface area contributed by atoms with Crippen molar-refractivity contribution < 1.29 is 9.90 Å². The van der Waals surface area contributed by atoms with E-state index < -0.39 is 5.97 Å². The van der Waals surface area contributed by atoms with Crippen molar-refractivity contribution >= 4 is 5.97 Å². The van der Waals surface area contributed by atoms with Crippen molar-refractivity contribution in [1.82, 2.24) is 0 Å². The monoisotopic (exact) mass is 168 g/mol. The Morgan fingerprint density at radius 2 is 2.08 bits per heavy atom. The van der Waals surface area contributed by atoms with Crippen LogP contribution in [0.15, 0.2) is 23.8 Å². The van der Waals surface area contributed by atoms with Gasteiger partial charge in [-0.15, -0.1) is 0 Å². The summed E-state index contributed by atoms with van der Waals surface area (Å²) < 4.78 is 0. The number of carboxylic acids is 1. The van der Waals surface area contributed by atoms with Gasteiger partial charge in [0.1, 0.15) is 0 Å². The van der Waals surface area contributed by atoms with E-state index in [2.05, 4.69) is 6.08 Å². The highest BCUT2D eigenvalue weighted by Gasteiger charge is 1.96. The van der Waals surface area contributed by atoms with Crippen LogP contribution in [0.3, 0.4) is 0 Å². The Hall–Kier alpha value is -1.05. The zero-order valence-electron chi connectivity index (χ0n) is 7.71. The molecule has 68 valence electrons. The van der Waals surface area contributed by atoms with E-state index in [-0.39, 0.29) is 0 Å². The fraction of sp³-hybridized carbons (Fsp3) is 0.500. The van der Waals surface area contributed by atoms with E-state index in [9.17, 15) is 4.79 Å². The molecule has 0 aromatic heterocycles. The summed E-state index contributed by atoms with van der Waals surface area (Å²) in [7, 11) is 0. The first-order valence-electron chi connectivity index (χ1n) is 4.19. The largest absolute Gasteiger partial charge is 0.478 e. The van der Waals surface area contributed by atoms with Crippen LogP contribution in [0.4, 0.5) is 0 Å². The summed E-state index contributed by atoms with van der Waals surface area (Å²) in [4.78, 5) is 10.3. The highest BCUT2D eigenvalue weighted by Crippen LogP contribution is 2.01. The first-order valence-corrected chi connectivity index (χ1v) is 4.19. The Morgan fingerprint density at radius 3 is 2.58 bits per heavy atom. The quantitative estimate of drug-likeness (QED) is 0.389. The van der Waals surface area contributed by atoms with Crippen molar-refractivity contribution in [3.05, 3.63) is 23.8 Å². The van der Waals surface area contributed by atoms with Crippen LogP contribution < -0.4 is 0 Å². The molecule has 0 aliphatic carbocycles. The summed E-state index contributed by atoms with van der Waals surface area (Å²) in [5, 5.41) is 8.50. The van der Waals surface area contributed by atoms with Crippen LogP contribution in [-0.2, 0) is 4.79 Å². The lowest BCUT2D eigenvalue weighted by atomic mass is 10.2. The van der Waals surface area contributed by atoms with E-state index in [1.807, 2.05) is 13.0 Å². The van der Waals surface area contributed by atoms with E-state index in [0.29, 0.717) is 5.57 Å². The summed E-state index contributed by atoms with van der Waals surface area (Å²) >= 11 is 0. The molecule has 0 spiro atoms. The maximum Gasteiger partial charge on any atom is 0.330 e. The normalized spacial score (nSPS) is 12.3. The van der Waals surface area contributed by atoms with Gasteiger partial charge >= 0.3 is 5.97 Å². The zero-order valence-corrected chi connectivity index (χ0v) is 7.71. The van der Waals surface area contributed by atoms with Crippen LogP contribution >= 0.6 is 0 Å².